The molecule has 1 aromatic heterocycles. The first kappa shape index (κ1) is 16.7. The summed E-state index contributed by atoms with van der Waals surface area (Å²) in [5.74, 6) is -1.29. The fraction of sp³-hybridized carbons (Fsp3) is 0.263. The summed E-state index contributed by atoms with van der Waals surface area (Å²) in [5, 5.41) is 7.91. The van der Waals surface area contributed by atoms with Crippen LogP contribution in [0.3, 0.4) is 0 Å². The number of amides is 1. The normalized spacial score (nSPS) is 20.4. The fourth-order valence-electron chi connectivity index (χ4n) is 3.45. The molecule has 134 valence electrons. The monoisotopic (exact) mass is 356 g/mol. The third kappa shape index (κ3) is 2.84. The van der Waals surface area contributed by atoms with E-state index in [9.17, 15) is 9.18 Å². The second-order valence-corrected chi connectivity index (χ2v) is 6.62. The Bertz CT molecular complexity index is 975. The van der Waals surface area contributed by atoms with Crippen molar-refractivity contribution in [3.8, 4) is 5.69 Å². The van der Waals surface area contributed by atoms with Crippen molar-refractivity contribution in [2.45, 2.75) is 18.5 Å². The summed E-state index contributed by atoms with van der Waals surface area (Å²) in [5.41, 5.74) is 5.62. The molecular weight excluding hydrogens is 338 g/mol. The second kappa shape index (κ2) is 6.17. The van der Waals surface area contributed by atoms with Gasteiger partial charge in [0.1, 0.15) is 17.0 Å². The van der Waals surface area contributed by atoms with Crippen LogP contribution in [0.2, 0.25) is 0 Å². The van der Waals surface area contributed by atoms with Gasteiger partial charge in [-0.25, -0.2) is 13.5 Å². The molecule has 2 heterocycles. The highest BCUT2D eigenvalue weighted by Gasteiger charge is 2.33. The molecule has 5 nitrogen and oxygen atoms in total. The molecule has 26 heavy (non-hydrogen) atoms. The number of hydrogen-bond donors (Lipinski definition) is 2. The van der Waals surface area contributed by atoms with Crippen molar-refractivity contribution in [3.63, 3.8) is 0 Å². The molecular formula is C19H18F2N4O. The number of halogens is 2. The van der Waals surface area contributed by atoms with Crippen molar-refractivity contribution >= 4 is 16.8 Å². The van der Waals surface area contributed by atoms with Crippen molar-refractivity contribution < 1.29 is 13.6 Å². The van der Waals surface area contributed by atoms with Crippen LogP contribution >= 0.6 is 0 Å². The topological polar surface area (TPSA) is 72.9 Å². The smallest absolute Gasteiger partial charge is 0.251 e. The molecule has 3 aromatic rings. The van der Waals surface area contributed by atoms with Gasteiger partial charge in [-0.05, 0) is 49.2 Å². The third-order valence-electron chi connectivity index (χ3n) is 4.82. The maximum atomic E-state index is 15.0. The minimum atomic E-state index is -1.37. The van der Waals surface area contributed by atoms with E-state index in [-0.39, 0.29) is 5.56 Å². The van der Waals surface area contributed by atoms with Gasteiger partial charge >= 0.3 is 0 Å². The van der Waals surface area contributed by atoms with Crippen molar-refractivity contribution in [3.05, 3.63) is 59.5 Å². The van der Waals surface area contributed by atoms with Crippen LogP contribution in [-0.4, -0.2) is 28.8 Å². The number of alkyl halides is 1. The molecule has 4 rings (SSSR count). The lowest BCUT2D eigenvalue weighted by atomic mass is 9.88. The highest BCUT2D eigenvalue weighted by atomic mass is 19.1. The molecule has 0 radical (unpaired) electrons. The standard InChI is InChI=1S/C19H18F2N4O/c20-14-8-12-10-25(24-17(12)16(9-14)18(22)26)15-4-2-13(3-5-15)19(21)6-1-7-23-11-19/h2-5,8-10,23H,1,6-7,11H2,(H2,22,26)/t19-/m0/s1. The molecule has 1 saturated heterocycles. The van der Waals surface area contributed by atoms with Gasteiger partial charge in [-0.2, -0.15) is 5.10 Å². The molecule has 2 aromatic carbocycles. The van der Waals surface area contributed by atoms with E-state index in [0.29, 0.717) is 35.1 Å². The van der Waals surface area contributed by atoms with Gasteiger partial charge < -0.3 is 11.1 Å². The van der Waals surface area contributed by atoms with Crippen LogP contribution in [-0.2, 0) is 5.67 Å². The molecule has 1 fully saturated rings. The molecule has 0 unspecified atom stereocenters. The van der Waals surface area contributed by atoms with Crippen molar-refractivity contribution in [2.75, 3.05) is 13.1 Å². The first-order valence-corrected chi connectivity index (χ1v) is 8.46. The number of rotatable bonds is 3. The van der Waals surface area contributed by atoms with Crippen LogP contribution in [0.4, 0.5) is 8.78 Å². The number of nitrogens with one attached hydrogen (secondary N) is 1. The zero-order valence-electron chi connectivity index (χ0n) is 14.0. The number of aromatic nitrogens is 2. The van der Waals surface area contributed by atoms with Crippen LogP contribution < -0.4 is 11.1 Å². The van der Waals surface area contributed by atoms with Crippen molar-refractivity contribution in [1.29, 1.82) is 0 Å². The number of nitrogens with two attached hydrogens (primary N) is 1. The van der Waals surface area contributed by atoms with Gasteiger partial charge in [-0.15, -0.1) is 0 Å². The number of fused-ring (bicyclic) bond motifs is 1. The molecule has 0 aliphatic carbocycles. The summed E-state index contributed by atoms with van der Waals surface area (Å²) in [6.07, 6.45) is 2.91. The maximum absolute atomic E-state index is 15.0. The van der Waals surface area contributed by atoms with Crippen LogP contribution in [0.5, 0.6) is 0 Å². The molecule has 0 spiro atoms. The molecule has 7 heteroatoms. The number of carbonyl (C=O) groups excluding carboxylic acids is 1. The highest BCUT2D eigenvalue weighted by Crippen LogP contribution is 2.33. The fourth-order valence-corrected chi connectivity index (χ4v) is 3.45. The highest BCUT2D eigenvalue weighted by molar-refractivity contribution is 6.04. The van der Waals surface area contributed by atoms with E-state index in [1.165, 1.54) is 10.7 Å². The van der Waals surface area contributed by atoms with Crippen LogP contribution in [0.15, 0.2) is 42.6 Å². The Kier molecular flexibility index (Phi) is 3.96. The van der Waals surface area contributed by atoms with Gasteiger partial charge in [0.15, 0.2) is 0 Å². The summed E-state index contributed by atoms with van der Waals surface area (Å²) < 4.78 is 30.2. The minimum absolute atomic E-state index is 0.0337. The van der Waals surface area contributed by atoms with Crippen molar-refractivity contribution in [1.82, 2.24) is 15.1 Å². The predicted octanol–water partition coefficient (Wildman–Crippen LogP) is 2.81. The average Bonchev–Trinajstić information content (AvgIpc) is 3.05. The average molecular weight is 356 g/mol. The summed E-state index contributed by atoms with van der Waals surface area (Å²) >= 11 is 0. The van der Waals surface area contributed by atoms with E-state index in [1.54, 1.807) is 30.5 Å². The van der Waals surface area contributed by atoms with Crippen LogP contribution in [0, 0.1) is 5.82 Å². The lowest BCUT2D eigenvalue weighted by molar-refractivity contribution is 0.100. The lowest BCUT2D eigenvalue weighted by Gasteiger charge is -2.30. The predicted molar refractivity (Wildman–Crippen MR) is 94.4 cm³/mol. The quantitative estimate of drug-likeness (QED) is 0.758. The van der Waals surface area contributed by atoms with Crippen LogP contribution in [0.1, 0.15) is 28.8 Å². The Balaban J connectivity index is 1.72. The van der Waals surface area contributed by atoms with Gasteiger partial charge in [0.05, 0.1) is 11.3 Å². The Labute approximate surface area is 148 Å². The maximum Gasteiger partial charge on any atom is 0.251 e. The number of hydrogen-bond acceptors (Lipinski definition) is 3. The first-order chi connectivity index (χ1) is 12.5. The van der Waals surface area contributed by atoms with E-state index < -0.39 is 17.4 Å². The van der Waals surface area contributed by atoms with E-state index in [4.69, 9.17) is 5.73 Å². The van der Waals surface area contributed by atoms with Gasteiger partial charge in [-0.3, -0.25) is 4.79 Å². The third-order valence-corrected chi connectivity index (χ3v) is 4.82. The summed E-state index contributed by atoms with van der Waals surface area (Å²) in [4.78, 5) is 11.5. The first-order valence-electron chi connectivity index (χ1n) is 8.46. The molecule has 1 aliphatic heterocycles. The Morgan fingerprint density at radius 3 is 2.69 bits per heavy atom. The number of carbonyl (C=O) groups is 1. The zero-order valence-corrected chi connectivity index (χ0v) is 14.0. The van der Waals surface area contributed by atoms with E-state index >= 15 is 4.39 Å². The zero-order chi connectivity index (χ0) is 18.3. The molecule has 0 saturated carbocycles. The largest absolute Gasteiger partial charge is 0.366 e. The molecule has 0 bridgehead atoms. The van der Waals surface area contributed by atoms with Crippen LogP contribution in [0.25, 0.3) is 16.6 Å². The van der Waals surface area contributed by atoms with Crippen molar-refractivity contribution in [2.24, 2.45) is 5.73 Å². The van der Waals surface area contributed by atoms with E-state index in [0.717, 1.165) is 19.0 Å². The molecule has 3 N–H and O–H groups in total. The Morgan fingerprint density at radius 1 is 1.27 bits per heavy atom. The Morgan fingerprint density at radius 2 is 2.04 bits per heavy atom. The summed E-state index contributed by atoms with van der Waals surface area (Å²) in [7, 11) is 0. The van der Waals surface area contributed by atoms with Gasteiger partial charge in [0.2, 0.25) is 0 Å². The van der Waals surface area contributed by atoms with Gasteiger partial charge in [-0.1, -0.05) is 12.1 Å². The molecule has 1 aliphatic rings. The number of benzene rings is 2. The second-order valence-electron chi connectivity index (χ2n) is 6.62. The number of nitrogens with zero attached hydrogens (tertiary/aromatic N) is 2. The summed E-state index contributed by atoms with van der Waals surface area (Å²) in [6.45, 7) is 1.14. The summed E-state index contributed by atoms with van der Waals surface area (Å²) in [6, 6.07) is 9.38. The molecule has 1 amide bonds. The number of piperidine rings is 1. The lowest BCUT2D eigenvalue weighted by Crippen LogP contribution is -2.40. The molecule has 1 atom stereocenters. The van der Waals surface area contributed by atoms with Gasteiger partial charge in [0, 0.05) is 18.1 Å². The van der Waals surface area contributed by atoms with E-state index in [1.807, 2.05) is 0 Å². The van der Waals surface area contributed by atoms with Gasteiger partial charge in [0.25, 0.3) is 5.91 Å². The minimum Gasteiger partial charge on any atom is -0.366 e. The Hall–Kier alpha value is -2.80. The SMILES string of the molecule is NC(=O)c1cc(F)cc2cn(-c3ccc([C@]4(F)CCCNC4)cc3)nc12. The number of primary amides is 1. The van der Waals surface area contributed by atoms with E-state index in [2.05, 4.69) is 10.4 Å².